The van der Waals surface area contributed by atoms with Gasteiger partial charge in [0, 0.05) is 59.1 Å². The number of carbonyl (C=O) groups is 4. The van der Waals surface area contributed by atoms with Crippen LogP contribution in [0.4, 0.5) is 0 Å². The number of aromatic nitrogens is 2. The van der Waals surface area contributed by atoms with Crippen LogP contribution in [0.25, 0.3) is 44.3 Å². The molecule has 11 rings (SSSR count). The molecule has 0 radical (unpaired) electrons. The molecule has 3 unspecified atom stereocenters. The number of methoxy groups -OCH3 is 1. The van der Waals surface area contributed by atoms with E-state index < -0.39 is 29.7 Å². The summed E-state index contributed by atoms with van der Waals surface area (Å²) < 4.78 is 16.6. The zero-order chi connectivity index (χ0) is 46.1. The van der Waals surface area contributed by atoms with Crippen LogP contribution in [0.5, 0.6) is 5.75 Å². The molecular formula is C55H57N3O9. The van der Waals surface area contributed by atoms with Crippen molar-refractivity contribution in [3.05, 3.63) is 112 Å². The molecule has 12 nitrogen and oxygen atoms in total. The van der Waals surface area contributed by atoms with Crippen molar-refractivity contribution < 1.29 is 44.0 Å². The second-order valence-corrected chi connectivity index (χ2v) is 19.8. The maximum atomic E-state index is 15.1. The van der Waals surface area contributed by atoms with Gasteiger partial charge in [0.25, 0.3) is 0 Å². The Morgan fingerprint density at radius 2 is 1.22 bits per heavy atom. The average molecular weight is 904 g/mol. The monoisotopic (exact) mass is 903 g/mol. The highest BCUT2D eigenvalue weighted by molar-refractivity contribution is 6.00. The van der Waals surface area contributed by atoms with Crippen molar-refractivity contribution in [2.45, 2.75) is 102 Å². The third-order valence-electron chi connectivity index (χ3n) is 16.1. The number of carbonyl (C=O) groups excluding carboxylic acids is 1. The van der Waals surface area contributed by atoms with E-state index in [1.807, 2.05) is 41.3 Å². The van der Waals surface area contributed by atoms with Gasteiger partial charge in [0.1, 0.15) is 5.75 Å². The predicted molar refractivity (Wildman–Crippen MR) is 254 cm³/mol. The largest absolute Gasteiger partial charge is 0.497 e. The van der Waals surface area contributed by atoms with E-state index in [2.05, 4.69) is 27.3 Å². The van der Waals surface area contributed by atoms with Crippen LogP contribution in [0.1, 0.15) is 113 Å². The molecule has 5 heterocycles. The lowest BCUT2D eigenvalue weighted by molar-refractivity contribution is -0.146. The van der Waals surface area contributed by atoms with Gasteiger partial charge in [-0.15, -0.1) is 0 Å². The highest BCUT2D eigenvalue weighted by atomic mass is 16.5. The number of nitrogens with zero attached hydrogens (tertiary/aromatic N) is 3. The number of hydrogen-bond acceptors (Lipinski definition) is 6. The number of ether oxygens (including phenoxy) is 2. The van der Waals surface area contributed by atoms with Crippen LogP contribution in [0.3, 0.4) is 0 Å². The zero-order valence-electron chi connectivity index (χ0n) is 37.9. The van der Waals surface area contributed by atoms with E-state index in [0.29, 0.717) is 45.0 Å². The summed E-state index contributed by atoms with van der Waals surface area (Å²) in [5, 5.41) is 32.5. The third kappa shape index (κ3) is 7.57. The molecule has 2 aliphatic carbocycles. The summed E-state index contributed by atoms with van der Waals surface area (Å²) in [7, 11) is 1.67. The third-order valence-corrected chi connectivity index (χ3v) is 16.1. The predicted octanol–water partition coefficient (Wildman–Crippen LogP) is 10.0. The van der Waals surface area contributed by atoms with Crippen LogP contribution in [0.15, 0.2) is 78.9 Å². The van der Waals surface area contributed by atoms with Gasteiger partial charge < -0.3 is 38.8 Å². The van der Waals surface area contributed by atoms with E-state index in [4.69, 9.17) is 9.47 Å². The Hall–Kier alpha value is -6.40. The van der Waals surface area contributed by atoms with Gasteiger partial charge >= 0.3 is 17.9 Å². The first-order valence-electron chi connectivity index (χ1n) is 24.2. The number of fused-ring (bicyclic) bond motifs is 10. The molecule has 2 saturated carbocycles. The van der Waals surface area contributed by atoms with E-state index in [9.17, 15) is 29.7 Å². The molecule has 3 aliphatic heterocycles. The van der Waals surface area contributed by atoms with Crippen molar-refractivity contribution in [3.63, 3.8) is 0 Å². The van der Waals surface area contributed by atoms with Crippen molar-refractivity contribution in [3.8, 4) is 28.3 Å². The number of hydrogen-bond donors (Lipinski definition) is 3. The molecule has 0 bridgehead atoms. The van der Waals surface area contributed by atoms with Crippen molar-refractivity contribution in [2.24, 2.45) is 17.8 Å². The van der Waals surface area contributed by atoms with Gasteiger partial charge in [0.2, 0.25) is 5.91 Å². The van der Waals surface area contributed by atoms with Crippen LogP contribution in [0.2, 0.25) is 0 Å². The quantitative estimate of drug-likeness (QED) is 0.135. The molecule has 5 aliphatic rings. The molecule has 6 aromatic rings. The average Bonchev–Trinajstić information content (AvgIpc) is 3.69. The number of aliphatic carboxylic acids is 1. The number of carboxylic acid groups (broad SMARTS) is 3. The molecule has 1 saturated heterocycles. The fourth-order valence-electron chi connectivity index (χ4n) is 12.9. The molecular weight excluding hydrogens is 847 g/mol. The minimum absolute atomic E-state index is 0.0843. The number of aromatic carboxylic acids is 2. The summed E-state index contributed by atoms with van der Waals surface area (Å²) in [4.78, 5) is 54.3. The van der Waals surface area contributed by atoms with Crippen molar-refractivity contribution in [1.82, 2.24) is 14.0 Å². The Bertz CT molecular complexity index is 2970. The lowest BCUT2D eigenvalue weighted by Gasteiger charge is -2.41. The van der Waals surface area contributed by atoms with E-state index >= 15 is 4.79 Å². The van der Waals surface area contributed by atoms with Gasteiger partial charge in [-0.25, -0.2) is 9.59 Å². The van der Waals surface area contributed by atoms with Crippen LogP contribution in [0, 0.1) is 17.8 Å². The summed E-state index contributed by atoms with van der Waals surface area (Å²) >= 11 is 0. The normalized spacial score (nSPS) is 23.1. The zero-order valence-corrected chi connectivity index (χ0v) is 37.9. The Balaban J connectivity index is 0.884. The molecule has 1 amide bonds. The summed E-state index contributed by atoms with van der Waals surface area (Å²) in [5.74, 6) is -2.35. The Labute approximate surface area is 389 Å². The standard InChI is InChI=1S/C55H57N3O9/c1-66-40-17-20-42-37(25-40)24-38(28-57-45-26-35(53(60)61)15-18-43(45)48(51(42)57)32-7-3-2-4-8-32)52(59)56-21-22-67-47(30-56)31-11-13-33(14-12-31)49-44-19-16-36(54(62)63)27-46(44)58-29-39(55(64)65)23-34-9-5-6-10-41(34)50(49)58/h5-6,9-10,15-20,25-27,31-33,38-39,47H,2-4,7-8,11-14,21-24,28-30H2,1H3,(H,60,61)(H,62,63)(H,64,65). The lowest BCUT2D eigenvalue weighted by Crippen LogP contribution is -2.51. The summed E-state index contributed by atoms with van der Waals surface area (Å²) in [6.45, 7) is 2.13. The van der Waals surface area contributed by atoms with Gasteiger partial charge in [-0.1, -0.05) is 55.7 Å². The van der Waals surface area contributed by atoms with Gasteiger partial charge in [-0.05, 0) is 134 Å². The topological polar surface area (TPSA) is 161 Å². The maximum Gasteiger partial charge on any atom is 0.335 e. The van der Waals surface area contributed by atoms with E-state index in [-0.39, 0.29) is 41.5 Å². The van der Waals surface area contributed by atoms with E-state index in [1.54, 1.807) is 31.4 Å². The van der Waals surface area contributed by atoms with E-state index in [0.717, 1.165) is 118 Å². The Morgan fingerprint density at radius 3 is 1.85 bits per heavy atom. The number of benzene rings is 4. The Morgan fingerprint density at radius 1 is 0.627 bits per heavy atom. The first kappa shape index (κ1) is 43.2. The molecule has 0 spiro atoms. The number of amides is 1. The maximum absolute atomic E-state index is 15.1. The molecule has 3 N–H and O–H groups in total. The minimum Gasteiger partial charge on any atom is -0.497 e. The van der Waals surface area contributed by atoms with E-state index in [1.165, 1.54) is 12.0 Å². The first-order chi connectivity index (χ1) is 32.6. The summed E-state index contributed by atoms with van der Waals surface area (Å²) in [6, 6.07) is 25.0. The highest BCUT2D eigenvalue weighted by Crippen LogP contribution is 2.50. The number of morpholine rings is 1. The van der Waals surface area contributed by atoms with Gasteiger partial charge in [0.05, 0.1) is 54.2 Å². The molecule has 12 heteroatoms. The van der Waals surface area contributed by atoms with Crippen LogP contribution < -0.4 is 4.74 Å². The van der Waals surface area contributed by atoms with Gasteiger partial charge in [-0.2, -0.15) is 0 Å². The van der Waals surface area contributed by atoms with Gasteiger partial charge in [-0.3, -0.25) is 9.59 Å². The SMILES string of the molecule is COc1ccc2c(c1)CC(C(=O)N1CCOC(C3CCC(c4c5n(c6cc(C(=O)O)ccc46)CC(C(=O)O)Cc4ccccc4-5)CC3)C1)Cn1c-2c(C2CCCCC2)c2ccc(C(=O)O)cc21. The van der Waals surface area contributed by atoms with Crippen LogP contribution in [-0.4, -0.2) is 86.1 Å². The molecule has 3 atom stereocenters. The van der Waals surface area contributed by atoms with Crippen molar-refractivity contribution in [2.75, 3.05) is 26.8 Å². The van der Waals surface area contributed by atoms with Crippen LogP contribution >= 0.6 is 0 Å². The molecule has 67 heavy (non-hydrogen) atoms. The first-order valence-corrected chi connectivity index (χ1v) is 24.2. The Kier molecular flexibility index (Phi) is 11.2. The minimum atomic E-state index is -1.02. The fraction of sp³-hybridized carbons (Fsp3) is 0.418. The molecule has 346 valence electrons. The van der Waals surface area contributed by atoms with Crippen molar-refractivity contribution in [1.29, 1.82) is 0 Å². The van der Waals surface area contributed by atoms with Gasteiger partial charge in [0.15, 0.2) is 0 Å². The van der Waals surface area contributed by atoms with Crippen LogP contribution in [-0.2, 0) is 40.3 Å². The number of carboxylic acids is 3. The smallest absolute Gasteiger partial charge is 0.335 e. The fourth-order valence-corrected chi connectivity index (χ4v) is 12.9. The lowest BCUT2D eigenvalue weighted by atomic mass is 9.75. The molecule has 3 fully saturated rings. The summed E-state index contributed by atoms with van der Waals surface area (Å²) in [6.07, 6.45) is 10.0. The van der Waals surface area contributed by atoms with Crippen molar-refractivity contribution >= 4 is 45.6 Å². The second kappa shape index (κ2) is 17.4. The highest BCUT2D eigenvalue weighted by Gasteiger charge is 2.40. The second-order valence-electron chi connectivity index (χ2n) is 19.8. The molecule has 4 aromatic carbocycles. The molecule has 2 aromatic heterocycles. The summed E-state index contributed by atoms with van der Waals surface area (Å²) in [5.41, 5.74) is 10.7. The number of rotatable bonds is 8.